The first-order valence-corrected chi connectivity index (χ1v) is 9.62. The third kappa shape index (κ3) is 6.24. The summed E-state index contributed by atoms with van der Waals surface area (Å²) in [6, 6.07) is 4.06. The first-order chi connectivity index (χ1) is 11.7. The van der Waals surface area contributed by atoms with E-state index >= 15 is 0 Å². The molecule has 5 nitrogen and oxygen atoms in total. The average Bonchev–Trinajstić information content (AvgIpc) is 2.59. The van der Waals surface area contributed by atoms with E-state index in [9.17, 15) is 0 Å². The lowest BCUT2D eigenvalue weighted by Gasteiger charge is -2.26. The molecule has 1 fully saturated rings. The van der Waals surface area contributed by atoms with E-state index in [-0.39, 0.29) is 0 Å². The monoisotopic (exact) mass is 400 g/mol. The minimum atomic E-state index is 0.631. The van der Waals surface area contributed by atoms with Crippen molar-refractivity contribution in [2.75, 3.05) is 52.6 Å². The average molecular weight is 401 g/mol. The zero-order chi connectivity index (χ0) is 17.2. The van der Waals surface area contributed by atoms with Crippen LogP contribution in [0.3, 0.4) is 0 Å². The van der Waals surface area contributed by atoms with Gasteiger partial charge in [0, 0.05) is 24.1 Å². The highest BCUT2D eigenvalue weighted by molar-refractivity contribution is 9.10. The quantitative estimate of drug-likeness (QED) is 0.611. The first kappa shape index (κ1) is 19.5. The molecule has 0 saturated carbocycles. The second-order valence-electron chi connectivity index (χ2n) is 5.74. The number of rotatable bonds is 10. The zero-order valence-corrected chi connectivity index (χ0v) is 16.4. The van der Waals surface area contributed by atoms with Crippen molar-refractivity contribution in [1.29, 1.82) is 0 Å². The number of nitrogens with one attached hydrogen (secondary N) is 1. The molecule has 0 aliphatic carbocycles. The molecule has 0 atom stereocenters. The highest BCUT2D eigenvalue weighted by atomic mass is 79.9. The summed E-state index contributed by atoms with van der Waals surface area (Å²) in [5.74, 6) is 1.61. The molecule has 0 amide bonds. The third-order valence-corrected chi connectivity index (χ3v) is 4.70. The van der Waals surface area contributed by atoms with E-state index < -0.39 is 0 Å². The molecule has 1 aromatic carbocycles. The molecule has 0 unspecified atom stereocenters. The fourth-order valence-electron chi connectivity index (χ4n) is 2.72. The molecule has 1 saturated heterocycles. The molecule has 1 heterocycles. The van der Waals surface area contributed by atoms with Gasteiger partial charge >= 0.3 is 0 Å². The molecule has 136 valence electrons. The van der Waals surface area contributed by atoms with Crippen molar-refractivity contribution in [2.24, 2.45) is 0 Å². The lowest BCUT2D eigenvalue weighted by atomic mass is 10.2. The molecule has 0 bridgehead atoms. The van der Waals surface area contributed by atoms with Gasteiger partial charge in [0.1, 0.15) is 0 Å². The molecular formula is C18H29BrN2O3. The molecular weight excluding hydrogens is 372 g/mol. The Kier molecular flexibility index (Phi) is 8.88. The highest BCUT2D eigenvalue weighted by Gasteiger charge is 2.11. The number of hydrogen-bond acceptors (Lipinski definition) is 5. The second kappa shape index (κ2) is 10.9. The molecule has 6 heteroatoms. The van der Waals surface area contributed by atoms with E-state index in [0.29, 0.717) is 13.2 Å². The van der Waals surface area contributed by atoms with Crippen LogP contribution < -0.4 is 14.8 Å². The number of hydrogen-bond donors (Lipinski definition) is 1. The predicted octanol–water partition coefficient (Wildman–Crippen LogP) is 3.06. The van der Waals surface area contributed by atoms with Crippen molar-refractivity contribution < 1.29 is 14.2 Å². The van der Waals surface area contributed by atoms with E-state index in [0.717, 1.165) is 68.3 Å². The van der Waals surface area contributed by atoms with E-state index in [2.05, 4.69) is 32.2 Å². The van der Waals surface area contributed by atoms with Crippen LogP contribution in [0.5, 0.6) is 11.5 Å². The van der Waals surface area contributed by atoms with Crippen molar-refractivity contribution in [3.63, 3.8) is 0 Å². The summed E-state index contributed by atoms with van der Waals surface area (Å²) in [6.07, 6.45) is 1.15. The normalized spacial score (nSPS) is 15.5. The molecule has 0 spiro atoms. The van der Waals surface area contributed by atoms with Crippen LogP contribution in [0.4, 0.5) is 0 Å². The van der Waals surface area contributed by atoms with E-state index in [4.69, 9.17) is 14.2 Å². The van der Waals surface area contributed by atoms with Gasteiger partial charge < -0.3 is 19.5 Å². The molecule has 24 heavy (non-hydrogen) atoms. The van der Waals surface area contributed by atoms with Gasteiger partial charge in [0.25, 0.3) is 0 Å². The maximum absolute atomic E-state index is 5.70. The summed E-state index contributed by atoms with van der Waals surface area (Å²) >= 11 is 3.64. The topological polar surface area (TPSA) is 43.0 Å². The molecule has 2 rings (SSSR count). The van der Waals surface area contributed by atoms with Gasteiger partial charge in [-0.25, -0.2) is 0 Å². The Labute approximate surface area is 153 Å². The number of ether oxygens (including phenoxy) is 3. The van der Waals surface area contributed by atoms with Crippen LogP contribution in [-0.4, -0.2) is 57.5 Å². The van der Waals surface area contributed by atoms with Gasteiger partial charge in [0.2, 0.25) is 0 Å². The zero-order valence-electron chi connectivity index (χ0n) is 14.8. The van der Waals surface area contributed by atoms with Crippen molar-refractivity contribution in [3.8, 4) is 11.5 Å². The smallest absolute Gasteiger partial charge is 0.162 e. The van der Waals surface area contributed by atoms with Crippen molar-refractivity contribution >= 4 is 15.9 Å². The number of morpholine rings is 1. The summed E-state index contributed by atoms with van der Waals surface area (Å²) in [5, 5.41) is 3.52. The summed E-state index contributed by atoms with van der Waals surface area (Å²) < 4.78 is 17.8. The van der Waals surface area contributed by atoms with Crippen molar-refractivity contribution in [1.82, 2.24) is 10.2 Å². The SMILES string of the molecule is CCOc1cc(Br)c(CNCCCN2CCOCC2)cc1OCC. The summed E-state index contributed by atoms with van der Waals surface area (Å²) in [4.78, 5) is 2.46. The minimum absolute atomic E-state index is 0.631. The Morgan fingerprint density at radius 3 is 2.46 bits per heavy atom. The summed E-state index contributed by atoms with van der Waals surface area (Å²) in [7, 11) is 0. The second-order valence-corrected chi connectivity index (χ2v) is 6.60. The lowest BCUT2D eigenvalue weighted by Crippen LogP contribution is -2.37. The van der Waals surface area contributed by atoms with E-state index in [1.165, 1.54) is 5.56 Å². The fourth-order valence-corrected chi connectivity index (χ4v) is 3.19. The number of nitrogens with zero attached hydrogens (tertiary/aromatic N) is 1. The Morgan fingerprint density at radius 2 is 1.79 bits per heavy atom. The predicted molar refractivity (Wildman–Crippen MR) is 100 cm³/mol. The highest BCUT2D eigenvalue weighted by Crippen LogP contribution is 2.33. The molecule has 0 radical (unpaired) electrons. The van der Waals surface area contributed by atoms with Gasteiger partial charge in [-0.1, -0.05) is 15.9 Å². The third-order valence-electron chi connectivity index (χ3n) is 3.96. The first-order valence-electron chi connectivity index (χ1n) is 8.83. The Morgan fingerprint density at radius 1 is 1.12 bits per heavy atom. The van der Waals surface area contributed by atoms with Gasteiger partial charge in [-0.05, 0) is 51.1 Å². The largest absolute Gasteiger partial charge is 0.490 e. The number of benzene rings is 1. The van der Waals surface area contributed by atoms with Crippen LogP contribution >= 0.6 is 15.9 Å². The van der Waals surface area contributed by atoms with E-state index in [1.807, 2.05) is 19.9 Å². The van der Waals surface area contributed by atoms with Crippen LogP contribution in [0, 0.1) is 0 Å². The Hall–Kier alpha value is -0.820. The lowest BCUT2D eigenvalue weighted by molar-refractivity contribution is 0.0374. The molecule has 1 aliphatic heterocycles. The Balaban J connectivity index is 1.79. The van der Waals surface area contributed by atoms with Gasteiger partial charge in [-0.15, -0.1) is 0 Å². The standard InChI is InChI=1S/C18H29BrN2O3/c1-3-23-17-12-15(16(19)13-18(17)24-4-2)14-20-6-5-7-21-8-10-22-11-9-21/h12-13,20H,3-11,14H2,1-2H3. The van der Waals surface area contributed by atoms with Gasteiger partial charge in [0.15, 0.2) is 11.5 Å². The maximum Gasteiger partial charge on any atom is 0.162 e. The van der Waals surface area contributed by atoms with Gasteiger partial charge in [-0.2, -0.15) is 0 Å². The fraction of sp³-hybridized carbons (Fsp3) is 0.667. The minimum Gasteiger partial charge on any atom is -0.490 e. The van der Waals surface area contributed by atoms with E-state index in [1.54, 1.807) is 0 Å². The molecule has 1 N–H and O–H groups in total. The maximum atomic E-state index is 5.70. The summed E-state index contributed by atoms with van der Waals surface area (Å²) in [5.41, 5.74) is 1.19. The molecule has 1 aliphatic rings. The Bertz CT molecular complexity index is 493. The van der Waals surface area contributed by atoms with Crippen molar-refractivity contribution in [3.05, 3.63) is 22.2 Å². The molecule has 0 aromatic heterocycles. The van der Waals surface area contributed by atoms with Crippen LogP contribution in [0.25, 0.3) is 0 Å². The van der Waals surface area contributed by atoms with Crippen LogP contribution in [0.2, 0.25) is 0 Å². The number of halogens is 1. The summed E-state index contributed by atoms with van der Waals surface area (Å²) in [6.45, 7) is 12.0. The van der Waals surface area contributed by atoms with Crippen LogP contribution in [0.15, 0.2) is 16.6 Å². The van der Waals surface area contributed by atoms with Gasteiger partial charge in [-0.3, -0.25) is 4.90 Å². The van der Waals surface area contributed by atoms with Gasteiger partial charge in [0.05, 0.1) is 26.4 Å². The van der Waals surface area contributed by atoms with Crippen molar-refractivity contribution in [2.45, 2.75) is 26.8 Å². The van der Waals surface area contributed by atoms with Crippen LogP contribution in [0.1, 0.15) is 25.8 Å². The van der Waals surface area contributed by atoms with Crippen LogP contribution in [-0.2, 0) is 11.3 Å². The molecule has 1 aromatic rings.